The van der Waals surface area contributed by atoms with Gasteiger partial charge in [-0.25, -0.2) is 4.68 Å². The molecule has 0 aliphatic carbocycles. The molecule has 0 aliphatic heterocycles. The molecule has 172 valence electrons. The van der Waals surface area contributed by atoms with Crippen LogP contribution in [0, 0.1) is 6.92 Å². The Hall–Kier alpha value is -4.46. The van der Waals surface area contributed by atoms with E-state index in [0.717, 1.165) is 11.3 Å². The van der Waals surface area contributed by atoms with E-state index < -0.39 is 0 Å². The summed E-state index contributed by atoms with van der Waals surface area (Å²) in [4.78, 5) is 25.4. The van der Waals surface area contributed by atoms with Crippen molar-refractivity contribution in [1.82, 2.24) is 20.3 Å². The van der Waals surface area contributed by atoms with Gasteiger partial charge in [0, 0.05) is 17.3 Å². The predicted octanol–water partition coefficient (Wildman–Crippen LogP) is 4.33. The summed E-state index contributed by atoms with van der Waals surface area (Å²) in [6.45, 7) is 3.66. The van der Waals surface area contributed by atoms with E-state index in [4.69, 9.17) is 4.74 Å². The van der Waals surface area contributed by atoms with E-state index in [-0.39, 0.29) is 23.6 Å². The number of methoxy groups -OCH3 is 1. The van der Waals surface area contributed by atoms with Crippen molar-refractivity contribution in [3.8, 4) is 11.4 Å². The first kappa shape index (κ1) is 22.7. The third-order valence-electron chi connectivity index (χ3n) is 5.44. The molecular formula is C26H25N5O3. The summed E-state index contributed by atoms with van der Waals surface area (Å²) in [6.07, 6.45) is 0. The fraction of sp³-hybridized carbons (Fsp3) is 0.154. The van der Waals surface area contributed by atoms with Gasteiger partial charge < -0.3 is 15.4 Å². The van der Waals surface area contributed by atoms with Crippen molar-refractivity contribution in [3.05, 3.63) is 101 Å². The van der Waals surface area contributed by atoms with E-state index in [1.54, 1.807) is 30.8 Å². The van der Waals surface area contributed by atoms with Crippen LogP contribution < -0.4 is 15.4 Å². The van der Waals surface area contributed by atoms with Crippen LogP contribution in [0.4, 0.5) is 5.69 Å². The van der Waals surface area contributed by atoms with Gasteiger partial charge in [0.15, 0.2) is 5.69 Å². The van der Waals surface area contributed by atoms with E-state index >= 15 is 0 Å². The summed E-state index contributed by atoms with van der Waals surface area (Å²) >= 11 is 0. The number of ether oxygens (including phenoxy) is 1. The molecule has 3 aromatic carbocycles. The topological polar surface area (TPSA) is 98.1 Å². The summed E-state index contributed by atoms with van der Waals surface area (Å²) in [6, 6.07) is 23.4. The minimum Gasteiger partial charge on any atom is -0.497 e. The van der Waals surface area contributed by atoms with E-state index in [9.17, 15) is 9.59 Å². The minimum absolute atomic E-state index is 0.195. The molecule has 1 atom stereocenters. The maximum absolute atomic E-state index is 12.9. The molecule has 4 aromatic rings. The SMILES string of the molecule is COc1cccc(-n2nnc(C(=O)NC(C)c3cccc(NC(=O)c4ccccc4)c3)c2C)c1. The molecule has 0 spiro atoms. The summed E-state index contributed by atoms with van der Waals surface area (Å²) in [5.41, 5.74) is 3.66. The second-order valence-electron chi connectivity index (χ2n) is 7.78. The van der Waals surface area contributed by atoms with Crippen LogP contribution in [0.25, 0.3) is 5.69 Å². The molecule has 0 bridgehead atoms. The molecule has 1 heterocycles. The lowest BCUT2D eigenvalue weighted by Crippen LogP contribution is -2.27. The molecule has 8 nitrogen and oxygen atoms in total. The number of aromatic nitrogens is 3. The van der Waals surface area contributed by atoms with E-state index in [1.165, 1.54) is 0 Å². The molecule has 2 amide bonds. The molecule has 0 radical (unpaired) electrons. The quantitative estimate of drug-likeness (QED) is 0.432. The first-order valence-electron chi connectivity index (χ1n) is 10.8. The van der Waals surface area contributed by atoms with Gasteiger partial charge in [-0.15, -0.1) is 5.10 Å². The number of carbonyl (C=O) groups excluding carboxylic acids is 2. The number of rotatable bonds is 7. The van der Waals surface area contributed by atoms with Crippen LogP contribution in [0.3, 0.4) is 0 Å². The number of nitrogens with zero attached hydrogens (tertiary/aromatic N) is 3. The van der Waals surface area contributed by atoms with E-state index in [1.807, 2.05) is 73.7 Å². The molecular weight excluding hydrogens is 430 g/mol. The van der Waals surface area contributed by atoms with Crippen LogP contribution in [-0.2, 0) is 0 Å². The highest BCUT2D eigenvalue weighted by atomic mass is 16.5. The van der Waals surface area contributed by atoms with Gasteiger partial charge in [0.05, 0.1) is 24.5 Å². The molecule has 1 aromatic heterocycles. The molecule has 0 saturated heterocycles. The van der Waals surface area contributed by atoms with Crippen molar-refractivity contribution in [3.63, 3.8) is 0 Å². The fourth-order valence-corrected chi connectivity index (χ4v) is 3.55. The summed E-state index contributed by atoms with van der Waals surface area (Å²) in [5.74, 6) is 0.156. The Morgan fingerprint density at radius 2 is 1.71 bits per heavy atom. The highest BCUT2D eigenvalue weighted by Crippen LogP contribution is 2.21. The Labute approximate surface area is 197 Å². The second-order valence-corrected chi connectivity index (χ2v) is 7.78. The Balaban J connectivity index is 1.46. The Morgan fingerprint density at radius 3 is 2.47 bits per heavy atom. The molecule has 0 saturated carbocycles. The van der Waals surface area contributed by atoms with Gasteiger partial charge in [-0.3, -0.25) is 9.59 Å². The maximum atomic E-state index is 12.9. The predicted molar refractivity (Wildman–Crippen MR) is 129 cm³/mol. The molecule has 0 aliphatic rings. The fourth-order valence-electron chi connectivity index (χ4n) is 3.55. The van der Waals surface area contributed by atoms with Gasteiger partial charge in [0.2, 0.25) is 0 Å². The van der Waals surface area contributed by atoms with Crippen molar-refractivity contribution in [1.29, 1.82) is 0 Å². The maximum Gasteiger partial charge on any atom is 0.274 e. The number of anilines is 1. The lowest BCUT2D eigenvalue weighted by molar-refractivity contribution is 0.0933. The highest BCUT2D eigenvalue weighted by Gasteiger charge is 2.20. The Bertz CT molecular complexity index is 1320. The second kappa shape index (κ2) is 9.99. The number of hydrogen-bond acceptors (Lipinski definition) is 5. The smallest absolute Gasteiger partial charge is 0.274 e. The van der Waals surface area contributed by atoms with Crippen LogP contribution in [-0.4, -0.2) is 33.9 Å². The zero-order valence-electron chi connectivity index (χ0n) is 19.1. The monoisotopic (exact) mass is 455 g/mol. The van der Waals surface area contributed by atoms with E-state index in [2.05, 4.69) is 20.9 Å². The molecule has 1 unspecified atom stereocenters. The number of nitrogens with one attached hydrogen (secondary N) is 2. The number of amides is 2. The van der Waals surface area contributed by atoms with Gasteiger partial charge in [-0.2, -0.15) is 0 Å². The first-order chi connectivity index (χ1) is 16.5. The molecule has 8 heteroatoms. The average Bonchev–Trinajstić information content (AvgIpc) is 3.26. The Morgan fingerprint density at radius 1 is 0.941 bits per heavy atom. The zero-order chi connectivity index (χ0) is 24.1. The van der Waals surface area contributed by atoms with Crippen LogP contribution >= 0.6 is 0 Å². The largest absolute Gasteiger partial charge is 0.497 e. The standard InChI is InChI=1S/C26H25N5O3/c1-17(20-11-7-12-21(15-20)28-25(32)19-9-5-4-6-10-19)27-26(33)24-18(2)31(30-29-24)22-13-8-14-23(16-22)34-3/h4-17H,1-3H3,(H,27,33)(H,28,32). The van der Waals surface area contributed by atoms with Crippen molar-refractivity contribution in [2.45, 2.75) is 19.9 Å². The van der Waals surface area contributed by atoms with Crippen molar-refractivity contribution >= 4 is 17.5 Å². The van der Waals surface area contributed by atoms with Crippen molar-refractivity contribution in [2.75, 3.05) is 12.4 Å². The number of benzene rings is 3. The molecule has 0 fully saturated rings. The van der Waals surface area contributed by atoms with Crippen LogP contribution in [0.2, 0.25) is 0 Å². The number of carbonyl (C=O) groups is 2. The van der Waals surface area contributed by atoms with Crippen LogP contribution in [0.15, 0.2) is 78.9 Å². The van der Waals surface area contributed by atoms with Gasteiger partial charge >= 0.3 is 0 Å². The molecule has 4 rings (SSSR count). The van der Waals surface area contributed by atoms with Crippen molar-refractivity contribution in [2.24, 2.45) is 0 Å². The summed E-state index contributed by atoms with van der Waals surface area (Å²) < 4.78 is 6.86. The Kier molecular flexibility index (Phi) is 6.68. The van der Waals surface area contributed by atoms with E-state index in [0.29, 0.717) is 22.7 Å². The van der Waals surface area contributed by atoms with Crippen LogP contribution in [0.5, 0.6) is 5.75 Å². The average molecular weight is 456 g/mol. The zero-order valence-corrected chi connectivity index (χ0v) is 19.1. The normalized spacial score (nSPS) is 11.5. The third kappa shape index (κ3) is 4.96. The van der Waals surface area contributed by atoms with Gasteiger partial charge in [0.1, 0.15) is 5.75 Å². The highest BCUT2D eigenvalue weighted by molar-refractivity contribution is 6.04. The third-order valence-corrected chi connectivity index (χ3v) is 5.44. The summed E-state index contributed by atoms with van der Waals surface area (Å²) in [5, 5.41) is 14.1. The van der Waals surface area contributed by atoms with Gasteiger partial charge in [-0.1, -0.05) is 41.6 Å². The first-order valence-corrected chi connectivity index (χ1v) is 10.8. The lowest BCUT2D eigenvalue weighted by atomic mass is 10.1. The van der Waals surface area contributed by atoms with Crippen molar-refractivity contribution < 1.29 is 14.3 Å². The van der Waals surface area contributed by atoms with Gasteiger partial charge in [-0.05, 0) is 55.8 Å². The minimum atomic E-state index is -0.335. The van der Waals surface area contributed by atoms with Gasteiger partial charge in [0.25, 0.3) is 11.8 Å². The molecule has 34 heavy (non-hydrogen) atoms. The summed E-state index contributed by atoms with van der Waals surface area (Å²) in [7, 11) is 1.59. The number of hydrogen-bond donors (Lipinski definition) is 2. The molecule has 2 N–H and O–H groups in total. The van der Waals surface area contributed by atoms with Crippen LogP contribution in [0.1, 0.15) is 45.1 Å². The lowest BCUT2D eigenvalue weighted by Gasteiger charge is -2.15.